The first-order valence-electron chi connectivity index (χ1n) is 8.53. The Bertz CT molecular complexity index is 435. The van der Waals surface area contributed by atoms with Gasteiger partial charge in [0.25, 0.3) is 0 Å². The van der Waals surface area contributed by atoms with Crippen LogP contribution in [0.3, 0.4) is 0 Å². The lowest BCUT2D eigenvalue weighted by Gasteiger charge is -2.26. The topological polar surface area (TPSA) is 3.24 Å². The van der Waals surface area contributed by atoms with E-state index in [1.807, 2.05) is 0 Å². The maximum absolute atomic E-state index is 13.7. The number of benzene rings is 1. The summed E-state index contributed by atoms with van der Waals surface area (Å²) in [5.74, 6) is 1.19. The van der Waals surface area contributed by atoms with Gasteiger partial charge in [0.1, 0.15) is 5.82 Å². The molecular weight excluding hydrogens is 261 g/mol. The molecule has 0 N–H and O–H groups in total. The third kappa shape index (κ3) is 4.81. The second-order valence-electron chi connectivity index (χ2n) is 6.92. The van der Waals surface area contributed by atoms with Crippen LogP contribution in [0.5, 0.6) is 0 Å². The summed E-state index contributed by atoms with van der Waals surface area (Å²) in [6, 6.07) is 5.51. The van der Waals surface area contributed by atoms with Gasteiger partial charge in [-0.05, 0) is 68.5 Å². The van der Waals surface area contributed by atoms with Gasteiger partial charge < -0.3 is 4.90 Å². The van der Waals surface area contributed by atoms with E-state index in [1.165, 1.54) is 43.2 Å². The van der Waals surface area contributed by atoms with Gasteiger partial charge >= 0.3 is 0 Å². The van der Waals surface area contributed by atoms with E-state index in [0.717, 1.165) is 19.4 Å². The fourth-order valence-corrected chi connectivity index (χ4v) is 3.73. The fraction of sp³-hybridized carbons (Fsp3) is 0.684. The van der Waals surface area contributed by atoms with Gasteiger partial charge in [0.2, 0.25) is 0 Å². The van der Waals surface area contributed by atoms with Crippen molar-refractivity contribution < 1.29 is 4.39 Å². The number of nitrogens with zero attached hydrogens (tertiary/aromatic N) is 1. The molecule has 1 aromatic carbocycles. The van der Waals surface area contributed by atoms with Crippen molar-refractivity contribution in [3.8, 4) is 0 Å². The highest BCUT2D eigenvalue weighted by atomic mass is 19.1. The predicted molar refractivity (Wildman–Crippen MR) is 88.3 cm³/mol. The number of rotatable bonds is 6. The monoisotopic (exact) mass is 291 g/mol. The lowest BCUT2D eigenvalue weighted by molar-refractivity contribution is 0.315. The van der Waals surface area contributed by atoms with Crippen LogP contribution in [0.15, 0.2) is 18.2 Å². The Labute approximate surface area is 129 Å². The molecule has 1 saturated carbocycles. The smallest absolute Gasteiger partial charge is 0.123 e. The molecule has 1 unspecified atom stereocenters. The average molecular weight is 291 g/mol. The van der Waals surface area contributed by atoms with Gasteiger partial charge in [0.15, 0.2) is 0 Å². The molecule has 0 heterocycles. The minimum absolute atomic E-state index is 0.0794. The summed E-state index contributed by atoms with van der Waals surface area (Å²) in [5, 5.41) is 0. The van der Waals surface area contributed by atoms with Gasteiger partial charge in [0.05, 0.1) is 0 Å². The predicted octanol–water partition coefficient (Wildman–Crippen LogP) is 5.00. The fourth-order valence-electron chi connectivity index (χ4n) is 3.73. The van der Waals surface area contributed by atoms with Gasteiger partial charge in [-0.2, -0.15) is 0 Å². The molecule has 1 aromatic rings. The first-order chi connectivity index (χ1) is 10.1. The van der Waals surface area contributed by atoms with Crippen LogP contribution in [0, 0.1) is 11.7 Å². The molecule has 0 bridgehead atoms. The third-order valence-corrected chi connectivity index (χ3v) is 4.86. The van der Waals surface area contributed by atoms with Gasteiger partial charge in [0, 0.05) is 6.54 Å². The van der Waals surface area contributed by atoms with Crippen molar-refractivity contribution in [2.24, 2.45) is 5.92 Å². The highest BCUT2D eigenvalue weighted by Gasteiger charge is 2.20. The van der Waals surface area contributed by atoms with Crippen LogP contribution in [-0.4, -0.2) is 25.5 Å². The first kappa shape index (κ1) is 16.5. The molecule has 2 rings (SSSR count). The van der Waals surface area contributed by atoms with Crippen molar-refractivity contribution in [2.45, 2.75) is 57.8 Å². The Balaban J connectivity index is 2.17. The molecule has 1 aliphatic rings. The summed E-state index contributed by atoms with van der Waals surface area (Å²) in [6.07, 6.45) is 8.75. The number of hydrogen-bond acceptors (Lipinski definition) is 1. The summed E-state index contributed by atoms with van der Waals surface area (Å²) in [7, 11) is 4.24. The van der Waals surface area contributed by atoms with Gasteiger partial charge in [-0.3, -0.25) is 0 Å². The molecule has 0 aromatic heterocycles. The molecule has 1 aliphatic carbocycles. The Morgan fingerprint density at radius 3 is 2.52 bits per heavy atom. The van der Waals surface area contributed by atoms with E-state index in [9.17, 15) is 4.39 Å². The van der Waals surface area contributed by atoms with E-state index >= 15 is 0 Å². The van der Waals surface area contributed by atoms with Crippen LogP contribution in [0.2, 0.25) is 0 Å². The van der Waals surface area contributed by atoms with Crippen molar-refractivity contribution in [2.75, 3.05) is 20.6 Å². The maximum Gasteiger partial charge on any atom is 0.123 e. The molecule has 21 heavy (non-hydrogen) atoms. The Morgan fingerprint density at radius 1 is 1.19 bits per heavy atom. The minimum atomic E-state index is -0.0794. The van der Waals surface area contributed by atoms with Crippen molar-refractivity contribution in [3.05, 3.63) is 35.1 Å². The molecule has 0 radical (unpaired) electrons. The standard InChI is InChI=1S/C19H30FN/c1-4-15(14-21(2)3)12-17-13-18(20)10-11-19(17)16-8-6-5-7-9-16/h10-11,13,15-16H,4-9,12,14H2,1-3H3. The van der Waals surface area contributed by atoms with E-state index in [-0.39, 0.29) is 5.82 Å². The summed E-state index contributed by atoms with van der Waals surface area (Å²) in [6.45, 7) is 3.32. The van der Waals surface area contributed by atoms with Crippen molar-refractivity contribution in [1.82, 2.24) is 4.90 Å². The molecular formula is C19H30FN. The largest absolute Gasteiger partial charge is 0.309 e. The summed E-state index contributed by atoms with van der Waals surface area (Å²) in [4.78, 5) is 2.24. The van der Waals surface area contributed by atoms with Crippen LogP contribution in [-0.2, 0) is 6.42 Å². The SMILES string of the molecule is CCC(Cc1cc(F)ccc1C1CCCCC1)CN(C)C. The minimum Gasteiger partial charge on any atom is -0.309 e. The first-order valence-corrected chi connectivity index (χ1v) is 8.53. The lowest BCUT2D eigenvalue weighted by Crippen LogP contribution is -2.23. The Kier molecular flexibility index (Phi) is 6.22. The van der Waals surface area contributed by atoms with Crippen LogP contribution in [0.1, 0.15) is 62.5 Å². The van der Waals surface area contributed by atoms with Gasteiger partial charge in [-0.15, -0.1) is 0 Å². The normalized spacial score (nSPS) is 18.1. The zero-order valence-electron chi connectivity index (χ0n) is 13.9. The summed E-state index contributed by atoms with van der Waals surface area (Å²) < 4.78 is 13.7. The molecule has 1 fully saturated rings. The Hall–Kier alpha value is -0.890. The molecule has 0 amide bonds. The highest BCUT2D eigenvalue weighted by Crippen LogP contribution is 2.35. The molecule has 0 saturated heterocycles. The van der Waals surface area contributed by atoms with Crippen molar-refractivity contribution >= 4 is 0 Å². The summed E-state index contributed by atoms with van der Waals surface area (Å²) >= 11 is 0. The van der Waals surface area contributed by atoms with Crippen molar-refractivity contribution in [3.63, 3.8) is 0 Å². The van der Waals surface area contributed by atoms with Gasteiger partial charge in [-0.1, -0.05) is 38.7 Å². The van der Waals surface area contributed by atoms with Crippen LogP contribution >= 0.6 is 0 Å². The van der Waals surface area contributed by atoms with Crippen molar-refractivity contribution in [1.29, 1.82) is 0 Å². The van der Waals surface area contributed by atoms with E-state index < -0.39 is 0 Å². The lowest BCUT2D eigenvalue weighted by atomic mass is 9.80. The molecule has 2 heteroatoms. The average Bonchev–Trinajstić information content (AvgIpc) is 2.47. The van der Waals surface area contributed by atoms with E-state index in [0.29, 0.717) is 11.8 Å². The maximum atomic E-state index is 13.7. The van der Waals surface area contributed by atoms with Crippen LogP contribution in [0.25, 0.3) is 0 Å². The quantitative estimate of drug-likeness (QED) is 0.712. The molecule has 1 nitrogen and oxygen atoms in total. The zero-order chi connectivity index (χ0) is 15.2. The van der Waals surface area contributed by atoms with E-state index in [1.54, 1.807) is 12.1 Å². The molecule has 1 atom stereocenters. The molecule has 0 spiro atoms. The van der Waals surface area contributed by atoms with Gasteiger partial charge in [-0.25, -0.2) is 4.39 Å². The van der Waals surface area contributed by atoms with Crippen LogP contribution in [0.4, 0.5) is 4.39 Å². The van der Waals surface area contributed by atoms with E-state index in [2.05, 4.69) is 32.0 Å². The Morgan fingerprint density at radius 2 is 1.90 bits per heavy atom. The second-order valence-corrected chi connectivity index (χ2v) is 6.92. The third-order valence-electron chi connectivity index (χ3n) is 4.86. The second kappa shape index (κ2) is 7.93. The van der Waals surface area contributed by atoms with E-state index in [4.69, 9.17) is 0 Å². The number of halogens is 1. The zero-order valence-corrected chi connectivity index (χ0v) is 13.9. The number of hydrogen-bond donors (Lipinski definition) is 0. The van der Waals surface area contributed by atoms with Crippen LogP contribution < -0.4 is 0 Å². The molecule has 118 valence electrons. The molecule has 0 aliphatic heterocycles. The summed E-state index contributed by atoms with van der Waals surface area (Å²) in [5.41, 5.74) is 2.68. The highest BCUT2D eigenvalue weighted by molar-refractivity contribution is 5.32.